The standard InChI is InChI=1S/C15H19N3O4/c1-19-11-8-10(9-12(20-2)15(11)21-3)6-7-22-14-5-4-13(16)17-18-14/h4-5,8-9H,6-7H2,1-3H3,(H2,16,17). The third-order valence-corrected chi connectivity index (χ3v) is 3.03. The molecule has 22 heavy (non-hydrogen) atoms. The summed E-state index contributed by atoms with van der Waals surface area (Å²) in [7, 11) is 4.74. The van der Waals surface area contributed by atoms with Gasteiger partial charge in [-0.05, 0) is 23.8 Å². The van der Waals surface area contributed by atoms with Gasteiger partial charge >= 0.3 is 0 Å². The van der Waals surface area contributed by atoms with Crippen LogP contribution in [0.1, 0.15) is 5.56 Å². The highest BCUT2D eigenvalue weighted by atomic mass is 16.5. The Bertz CT molecular complexity index is 592. The SMILES string of the molecule is COc1cc(CCOc2ccc(N)nn2)cc(OC)c1OC. The molecule has 0 fully saturated rings. The summed E-state index contributed by atoms with van der Waals surface area (Å²) in [5.41, 5.74) is 6.47. The lowest BCUT2D eigenvalue weighted by Gasteiger charge is -2.14. The van der Waals surface area contributed by atoms with Crippen molar-refractivity contribution in [2.45, 2.75) is 6.42 Å². The summed E-state index contributed by atoms with van der Waals surface area (Å²) in [6.45, 7) is 0.442. The second kappa shape index (κ2) is 7.35. The van der Waals surface area contributed by atoms with Crippen LogP contribution in [0.2, 0.25) is 0 Å². The first kappa shape index (κ1) is 15.7. The van der Waals surface area contributed by atoms with Crippen molar-refractivity contribution >= 4 is 5.82 Å². The molecule has 1 aromatic heterocycles. The third kappa shape index (κ3) is 3.69. The zero-order valence-electron chi connectivity index (χ0n) is 12.8. The predicted molar refractivity (Wildman–Crippen MR) is 81.7 cm³/mol. The van der Waals surface area contributed by atoms with E-state index < -0.39 is 0 Å². The Morgan fingerprint density at radius 1 is 0.955 bits per heavy atom. The van der Waals surface area contributed by atoms with E-state index in [1.54, 1.807) is 33.5 Å². The van der Waals surface area contributed by atoms with Crippen LogP contribution < -0.4 is 24.7 Å². The molecule has 0 aliphatic rings. The molecule has 0 atom stereocenters. The van der Waals surface area contributed by atoms with Crippen molar-refractivity contribution in [1.29, 1.82) is 0 Å². The van der Waals surface area contributed by atoms with Gasteiger partial charge in [-0.1, -0.05) is 0 Å². The maximum Gasteiger partial charge on any atom is 0.233 e. The molecule has 1 heterocycles. The van der Waals surface area contributed by atoms with Gasteiger partial charge in [-0.2, -0.15) is 0 Å². The van der Waals surface area contributed by atoms with Crippen LogP contribution in [0, 0.1) is 0 Å². The number of nitrogens with two attached hydrogens (primary N) is 1. The number of hydrogen-bond acceptors (Lipinski definition) is 7. The summed E-state index contributed by atoms with van der Waals surface area (Å²) in [6.07, 6.45) is 0.656. The molecule has 0 bridgehead atoms. The van der Waals surface area contributed by atoms with Gasteiger partial charge in [-0.15, -0.1) is 10.2 Å². The van der Waals surface area contributed by atoms with E-state index in [-0.39, 0.29) is 0 Å². The Balaban J connectivity index is 2.04. The molecule has 118 valence electrons. The Labute approximate surface area is 129 Å². The first-order valence-corrected chi connectivity index (χ1v) is 6.68. The summed E-state index contributed by atoms with van der Waals surface area (Å²) >= 11 is 0. The number of anilines is 1. The topological polar surface area (TPSA) is 88.7 Å². The Morgan fingerprint density at radius 2 is 1.64 bits per heavy atom. The molecule has 2 aromatic rings. The zero-order chi connectivity index (χ0) is 15.9. The maximum atomic E-state index is 5.53. The summed E-state index contributed by atoms with van der Waals surface area (Å²) in [6, 6.07) is 7.10. The van der Waals surface area contributed by atoms with Crippen LogP contribution in [0.25, 0.3) is 0 Å². The summed E-state index contributed by atoms with van der Waals surface area (Å²) in [4.78, 5) is 0. The lowest BCUT2D eigenvalue weighted by Crippen LogP contribution is -2.05. The van der Waals surface area contributed by atoms with E-state index >= 15 is 0 Å². The molecule has 0 radical (unpaired) electrons. The lowest BCUT2D eigenvalue weighted by atomic mass is 10.1. The van der Waals surface area contributed by atoms with Crippen molar-refractivity contribution in [2.75, 3.05) is 33.7 Å². The monoisotopic (exact) mass is 305 g/mol. The molecule has 2 rings (SSSR count). The van der Waals surface area contributed by atoms with Gasteiger partial charge in [0.05, 0.1) is 27.9 Å². The molecule has 0 unspecified atom stereocenters. The average Bonchev–Trinajstić information content (AvgIpc) is 2.55. The highest BCUT2D eigenvalue weighted by Crippen LogP contribution is 2.38. The summed E-state index contributed by atoms with van der Waals surface area (Å²) in [5.74, 6) is 2.59. The van der Waals surface area contributed by atoms with Crippen molar-refractivity contribution in [1.82, 2.24) is 10.2 Å². The summed E-state index contributed by atoms with van der Waals surface area (Å²) < 4.78 is 21.4. The van der Waals surface area contributed by atoms with Gasteiger partial charge < -0.3 is 24.7 Å². The second-order valence-electron chi connectivity index (χ2n) is 4.43. The average molecular weight is 305 g/mol. The van der Waals surface area contributed by atoms with Crippen molar-refractivity contribution in [3.8, 4) is 23.1 Å². The van der Waals surface area contributed by atoms with E-state index in [4.69, 9.17) is 24.7 Å². The number of hydrogen-bond donors (Lipinski definition) is 1. The number of nitrogen functional groups attached to an aromatic ring is 1. The van der Waals surface area contributed by atoms with Crippen LogP contribution in [0.5, 0.6) is 23.1 Å². The van der Waals surface area contributed by atoms with Gasteiger partial charge in [0.15, 0.2) is 11.5 Å². The van der Waals surface area contributed by atoms with Crippen molar-refractivity contribution in [3.63, 3.8) is 0 Å². The molecule has 0 spiro atoms. The highest BCUT2D eigenvalue weighted by molar-refractivity contribution is 5.53. The maximum absolute atomic E-state index is 5.53. The highest BCUT2D eigenvalue weighted by Gasteiger charge is 2.13. The molecule has 7 heteroatoms. The van der Waals surface area contributed by atoms with E-state index in [0.29, 0.717) is 42.0 Å². The molecule has 0 aliphatic carbocycles. The minimum absolute atomic E-state index is 0.358. The van der Waals surface area contributed by atoms with E-state index in [1.807, 2.05) is 12.1 Å². The largest absolute Gasteiger partial charge is 0.493 e. The van der Waals surface area contributed by atoms with E-state index in [9.17, 15) is 0 Å². The van der Waals surface area contributed by atoms with Gasteiger partial charge in [-0.25, -0.2) is 0 Å². The quantitative estimate of drug-likeness (QED) is 0.832. The smallest absolute Gasteiger partial charge is 0.233 e. The molecular weight excluding hydrogens is 286 g/mol. The fourth-order valence-electron chi connectivity index (χ4n) is 1.96. The minimum atomic E-state index is 0.358. The lowest BCUT2D eigenvalue weighted by molar-refractivity contribution is 0.303. The first-order chi connectivity index (χ1) is 10.7. The number of benzene rings is 1. The number of rotatable bonds is 7. The Morgan fingerprint density at radius 3 is 2.14 bits per heavy atom. The van der Waals surface area contributed by atoms with Gasteiger partial charge in [0.1, 0.15) is 5.82 Å². The molecule has 0 amide bonds. The normalized spacial score (nSPS) is 10.1. The van der Waals surface area contributed by atoms with Gasteiger partial charge in [0, 0.05) is 12.5 Å². The van der Waals surface area contributed by atoms with Crippen LogP contribution in [0.4, 0.5) is 5.82 Å². The third-order valence-electron chi connectivity index (χ3n) is 3.03. The van der Waals surface area contributed by atoms with E-state index in [0.717, 1.165) is 5.56 Å². The van der Waals surface area contributed by atoms with Crippen LogP contribution >= 0.6 is 0 Å². The van der Waals surface area contributed by atoms with Gasteiger partial charge in [-0.3, -0.25) is 0 Å². The van der Waals surface area contributed by atoms with E-state index in [1.165, 1.54) is 0 Å². The van der Waals surface area contributed by atoms with Crippen molar-refractivity contribution in [2.24, 2.45) is 0 Å². The number of methoxy groups -OCH3 is 3. The van der Waals surface area contributed by atoms with Crippen LogP contribution in [0.3, 0.4) is 0 Å². The predicted octanol–water partition coefficient (Wildman–Crippen LogP) is 1.71. The Hall–Kier alpha value is -2.70. The molecule has 1 aromatic carbocycles. The number of ether oxygens (including phenoxy) is 4. The number of nitrogens with zero attached hydrogens (tertiary/aromatic N) is 2. The van der Waals surface area contributed by atoms with Gasteiger partial charge in [0.2, 0.25) is 11.6 Å². The van der Waals surface area contributed by atoms with E-state index in [2.05, 4.69) is 10.2 Å². The van der Waals surface area contributed by atoms with Crippen LogP contribution in [-0.2, 0) is 6.42 Å². The second-order valence-corrected chi connectivity index (χ2v) is 4.43. The molecular formula is C15H19N3O4. The molecule has 2 N–H and O–H groups in total. The first-order valence-electron chi connectivity index (χ1n) is 6.68. The molecule has 0 saturated carbocycles. The van der Waals surface area contributed by atoms with Crippen LogP contribution in [0.15, 0.2) is 24.3 Å². The summed E-state index contributed by atoms with van der Waals surface area (Å²) in [5, 5.41) is 7.57. The minimum Gasteiger partial charge on any atom is -0.493 e. The fraction of sp³-hybridized carbons (Fsp3) is 0.333. The molecule has 0 aliphatic heterocycles. The van der Waals surface area contributed by atoms with Crippen LogP contribution in [-0.4, -0.2) is 38.1 Å². The Kier molecular flexibility index (Phi) is 5.24. The zero-order valence-corrected chi connectivity index (χ0v) is 12.8. The molecule has 0 saturated heterocycles. The van der Waals surface area contributed by atoms with Crippen molar-refractivity contribution < 1.29 is 18.9 Å². The van der Waals surface area contributed by atoms with Crippen molar-refractivity contribution in [3.05, 3.63) is 29.8 Å². The number of aromatic nitrogens is 2. The van der Waals surface area contributed by atoms with Gasteiger partial charge in [0.25, 0.3) is 0 Å². The molecule has 7 nitrogen and oxygen atoms in total. The fourth-order valence-corrected chi connectivity index (χ4v) is 1.96.